The van der Waals surface area contributed by atoms with E-state index < -0.39 is 0 Å². The molecule has 3 nitrogen and oxygen atoms in total. The summed E-state index contributed by atoms with van der Waals surface area (Å²) in [6.07, 6.45) is 4.22. The molecule has 92 valence electrons. The molecule has 2 rings (SSSR count). The molecule has 0 unspecified atom stereocenters. The second-order valence-electron chi connectivity index (χ2n) is 3.86. The van der Waals surface area contributed by atoms with E-state index >= 15 is 0 Å². The molecule has 0 aromatic carbocycles. The maximum absolute atomic E-state index is 3.28. The van der Waals surface area contributed by atoms with Gasteiger partial charge in [0.1, 0.15) is 0 Å². The first kappa shape index (κ1) is 14.9. The number of rotatable bonds is 0. The monoisotopic (exact) mass is 215 g/mol. The molecule has 2 aliphatic heterocycles. The smallest absolute Gasteiger partial charge is 0.0104 e. The summed E-state index contributed by atoms with van der Waals surface area (Å²) in [5.41, 5.74) is 0. The van der Waals surface area contributed by atoms with Gasteiger partial charge in [-0.1, -0.05) is 20.3 Å². The van der Waals surface area contributed by atoms with Crippen molar-refractivity contribution in [3.8, 4) is 0 Å². The lowest BCUT2D eigenvalue weighted by atomic mass is 10.2. The molecule has 0 spiro atoms. The molecule has 0 aliphatic carbocycles. The van der Waals surface area contributed by atoms with Crippen LogP contribution in [0.1, 0.15) is 33.1 Å². The standard InChI is InChI=1S/C5H12N2.C5H11N.C2H6/c1-7-4-2-6-3-5-7;1-2-4-6-5-3-1;1-2/h6H,2-5H2,1H3;6H,1-5H2;1-2H3. The van der Waals surface area contributed by atoms with Crippen LogP contribution in [0.2, 0.25) is 0 Å². The van der Waals surface area contributed by atoms with Crippen LogP contribution in [-0.4, -0.2) is 51.2 Å². The number of nitrogens with one attached hydrogen (secondary N) is 2. The predicted octanol–water partition coefficient (Wildman–Crippen LogP) is 1.31. The Balaban J connectivity index is 0.000000227. The van der Waals surface area contributed by atoms with E-state index in [4.69, 9.17) is 0 Å². The maximum Gasteiger partial charge on any atom is 0.0104 e. The molecule has 2 fully saturated rings. The van der Waals surface area contributed by atoms with Gasteiger partial charge in [0.15, 0.2) is 0 Å². The van der Waals surface area contributed by atoms with Crippen molar-refractivity contribution in [2.45, 2.75) is 33.1 Å². The highest BCUT2D eigenvalue weighted by molar-refractivity contribution is 4.62. The zero-order chi connectivity index (χ0) is 11.4. The average molecular weight is 215 g/mol. The third-order valence-corrected chi connectivity index (χ3v) is 2.55. The Bertz CT molecular complexity index is 95.9. The first-order valence-electron chi connectivity index (χ1n) is 6.49. The second kappa shape index (κ2) is 12.0. The van der Waals surface area contributed by atoms with E-state index in [0.717, 1.165) is 13.1 Å². The minimum Gasteiger partial charge on any atom is -0.317 e. The van der Waals surface area contributed by atoms with Crippen molar-refractivity contribution >= 4 is 0 Å². The van der Waals surface area contributed by atoms with Crippen LogP contribution < -0.4 is 10.6 Å². The Kier molecular flexibility index (Phi) is 11.9. The molecule has 0 amide bonds. The summed E-state index contributed by atoms with van der Waals surface area (Å²) in [6.45, 7) is 11.2. The van der Waals surface area contributed by atoms with Gasteiger partial charge in [0.05, 0.1) is 0 Å². The van der Waals surface area contributed by atoms with Crippen LogP contribution in [0.25, 0.3) is 0 Å². The summed E-state index contributed by atoms with van der Waals surface area (Å²) in [7, 11) is 2.15. The maximum atomic E-state index is 3.28. The molecular formula is C12H29N3. The van der Waals surface area contributed by atoms with Crippen LogP contribution in [-0.2, 0) is 0 Å². The van der Waals surface area contributed by atoms with Crippen molar-refractivity contribution < 1.29 is 0 Å². The zero-order valence-corrected chi connectivity index (χ0v) is 10.8. The lowest BCUT2D eigenvalue weighted by Crippen LogP contribution is -2.40. The van der Waals surface area contributed by atoms with Crippen molar-refractivity contribution in [1.82, 2.24) is 15.5 Å². The van der Waals surface area contributed by atoms with Crippen LogP contribution in [0.15, 0.2) is 0 Å². The summed E-state index contributed by atoms with van der Waals surface area (Å²) in [6, 6.07) is 0. The third-order valence-electron chi connectivity index (χ3n) is 2.55. The summed E-state index contributed by atoms with van der Waals surface area (Å²) in [5, 5.41) is 6.56. The van der Waals surface area contributed by atoms with E-state index in [1.165, 1.54) is 45.4 Å². The van der Waals surface area contributed by atoms with Crippen molar-refractivity contribution in [1.29, 1.82) is 0 Å². The highest BCUT2D eigenvalue weighted by Crippen LogP contribution is 1.96. The van der Waals surface area contributed by atoms with E-state index in [1.54, 1.807) is 0 Å². The molecule has 2 N–H and O–H groups in total. The fourth-order valence-corrected chi connectivity index (χ4v) is 1.58. The summed E-state index contributed by atoms with van der Waals surface area (Å²) >= 11 is 0. The third kappa shape index (κ3) is 10.2. The molecule has 15 heavy (non-hydrogen) atoms. The van der Waals surface area contributed by atoms with Crippen LogP contribution in [0, 0.1) is 0 Å². The van der Waals surface area contributed by atoms with Gasteiger partial charge >= 0.3 is 0 Å². The summed E-state index contributed by atoms with van der Waals surface area (Å²) in [4.78, 5) is 2.33. The van der Waals surface area contributed by atoms with E-state index in [-0.39, 0.29) is 0 Å². The lowest BCUT2D eigenvalue weighted by molar-refractivity contribution is 0.291. The van der Waals surface area contributed by atoms with Crippen LogP contribution in [0.3, 0.4) is 0 Å². The summed E-state index contributed by atoms with van der Waals surface area (Å²) < 4.78 is 0. The Morgan fingerprint density at radius 2 is 1.20 bits per heavy atom. The van der Waals surface area contributed by atoms with Gasteiger partial charge in [0, 0.05) is 26.2 Å². The largest absolute Gasteiger partial charge is 0.317 e. The number of hydrogen-bond acceptors (Lipinski definition) is 3. The first-order valence-corrected chi connectivity index (χ1v) is 6.49. The molecule has 0 aromatic rings. The summed E-state index contributed by atoms with van der Waals surface area (Å²) in [5.74, 6) is 0. The number of piperazine rings is 1. The molecule has 0 saturated carbocycles. The molecule has 2 saturated heterocycles. The number of piperidine rings is 1. The topological polar surface area (TPSA) is 27.3 Å². The Labute approximate surface area is 95.6 Å². The Morgan fingerprint density at radius 3 is 1.40 bits per heavy atom. The van der Waals surface area contributed by atoms with Gasteiger partial charge in [-0.05, 0) is 33.0 Å². The van der Waals surface area contributed by atoms with Gasteiger partial charge in [-0.15, -0.1) is 0 Å². The predicted molar refractivity (Wildman–Crippen MR) is 68.4 cm³/mol. The molecule has 0 radical (unpaired) electrons. The highest BCUT2D eigenvalue weighted by atomic mass is 15.2. The van der Waals surface area contributed by atoms with Gasteiger partial charge in [0.2, 0.25) is 0 Å². The fourth-order valence-electron chi connectivity index (χ4n) is 1.58. The van der Waals surface area contributed by atoms with Crippen molar-refractivity contribution in [3.05, 3.63) is 0 Å². The minimum absolute atomic E-state index is 1.16. The van der Waals surface area contributed by atoms with E-state index in [0.29, 0.717) is 0 Å². The van der Waals surface area contributed by atoms with E-state index in [1.807, 2.05) is 13.8 Å². The normalized spacial score (nSPS) is 21.8. The van der Waals surface area contributed by atoms with Crippen LogP contribution in [0.5, 0.6) is 0 Å². The van der Waals surface area contributed by atoms with Gasteiger partial charge in [0.25, 0.3) is 0 Å². The molecule has 3 heteroatoms. The number of likely N-dealkylation sites (N-methyl/N-ethyl adjacent to an activating group) is 1. The molecule has 0 bridgehead atoms. The van der Waals surface area contributed by atoms with E-state index in [2.05, 4.69) is 22.6 Å². The number of nitrogens with zero attached hydrogens (tertiary/aromatic N) is 1. The quantitative estimate of drug-likeness (QED) is 0.638. The molecule has 0 atom stereocenters. The van der Waals surface area contributed by atoms with Crippen LogP contribution in [0.4, 0.5) is 0 Å². The molecule has 0 aromatic heterocycles. The lowest BCUT2D eigenvalue weighted by Gasteiger charge is -2.21. The highest BCUT2D eigenvalue weighted by Gasteiger charge is 2.01. The first-order chi connectivity index (χ1) is 7.39. The zero-order valence-electron chi connectivity index (χ0n) is 10.8. The van der Waals surface area contributed by atoms with Crippen molar-refractivity contribution in [3.63, 3.8) is 0 Å². The van der Waals surface area contributed by atoms with Crippen molar-refractivity contribution in [2.75, 3.05) is 46.3 Å². The van der Waals surface area contributed by atoms with Crippen molar-refractivity contribution in [2.24, 2.45) is 0 Å². The SMILES string of the molecule is C1CCNCC1.CC.CN1CCNCC1. The Hall–Kier alpha value is -0.120. The van der Waals surface area contributed by atoms with Gasteiger partial charge in [-0.3, -0.25) is 0 Å². The molecule has 2 aliphatic rings. The average Bonchev–Trinajstić information content (AvgIpc) is 2.36. The minimum atomic E-state index is 1.16. The fraction of sp³-hybridized carbons (Fsp3) is 1.00. The molecule has 2 heterocycles. The van der Waals surface area contributed by atoms with Gasteiger partial charge in [-0.2, -0.15) is 0 Å². The van der Waals surface area contributed by atoms with E-state index in [9.17, 15) is 0 Å². The van der Waals surface area contributed by atoms with Crippen LogP contribution >= 0.6 is 0 Å². The van der Waals surface area contributed by atoms with Gasteiger partial charge in [-0.25, -0.2) is 0 Å². The Morgan fingerprint density at radius 1 is 0.733 bits per heavy atom. The number of hydrogen-bond donors (Lipinski definition) is 2. The molecular weight excluding hydrogens is 186 g/mol. The van der Waals surface area contributed by atoms with Gasteiger partial charge < -0.3 is 15.5 Å². The second-order valence-corrected chi connectivity index (χ2v) is 3.86.